The van der Waals surface area contributed by atoms with E-state index in [1.807, 2.05) is 26.8 Å². The van der Waals surface area contributed by atoms with Gasteiger partial charge >= 0.3 is 6.36 Å². The number of halogens is 3. The van der Waals surface area contributed by atoms with Crippen molar-refractivity contribution in [2.75, 3.05) is 23.9 Å². The highest BCUT2D eigenvalue weighted by molar-refractivity contribution is 6.13. The SMILES string of the molecule is CC.COc1ccc(C(=O)Nc2cnn3c2C(=O)N(c2ccc(OC(F)(F)F)cc2)C[C@@H]3C)cc1C#N. The summed E-state index contributed by atoms with van der Waals surface area (Å²) in [6.07, 6.45) is -3.48. The van der Waals surface area contributed by atoms with E-state index in [9.17, 15) is 28.0 Å². The number of aromatic nitrogens is 2. The standard InChI is InChI=1S/C23H18F3N5O4.C2H6/c1-13-12-30(16-4-6-17(7-5-16)35-23(24,25)26)22(33)20-18(11-28-31(13)20)29-21(32)14-3-8-19(34-2)15(9-14)10-27;1-2/h3-9,11,13H,12H2,1-2H3,(H,29,32);1-2H3/t13-;/m0./s1. The van der Waals surface area contributed by atoms with E-state index in [-0.39, 0.29) is 35.1 Å². The first-order valence-corrected chi connectivity index (χ1v) is 11.3. The van der Waals surface area contributed by atoms with Gasteiger partial charge in [0.2, 0.25) is 0 Å². The maximum absolute atomic E-state index is 13.3. The van der Waals surface area contributed by atoms with Crippen molar-refractivity contribution in [3.63, 3.8) is 0 Å². The van der Waals surface area contributed by atoms with Crippen molar-refractivity contribution in [1.29, 1.82) is 5.26 Å². The first-order chi connectivity index (χ1) is 17.6. The molecule has 9 nitrogen and oxygen atoms in total. The molecule has 4 rings (SSSR count). The molecule has 0 fully saturated rings. The molecule has 37 heavy (non-hydrogen) atoms. The van der Waals surface area contributed by atoms with E-state index in [0.29, 0.717) is 11.4 Å². The predicted octanol–water partition coefficient (Wildman–Crippen LogP) is 5.16. The zero-order chi connectivity index (χ0) is 27.3. The number of amides is 2. The summed E-state index contributed by atoms with van der Waals surface area (Å²) < 4.78 is 47.8. The van der Waals surface area contributed by atoms with Gasteiger partial charge in [0.05, 0.1) is 30.6 Å². The summed E-state index contributed by atoms with van der Waals surface area (Å²) in [6, 6.07) is 10.9. The maximum Gasteiger partial charge on any atom is 0.573 e. The second kappa shape index (κ2) is 11.0. The second-order valence-electron chi connectivity index (χ2n) is 7.64. The van der Waals surface area contributed by atoms with Gasteiger partial charge in [-0.05, 0) is 49.4 Å². The number of nitrogens with one attached hydrogen (secondary N) is 1. The van der Waals surface area contributed by atoms with Gasteiger partial charge < -0.3 is 19.7 Å². The molecule has 0 bridgehead atoms. The third-order valence-electron chi connectivity index (χ3n) is 5.32. The molecule has 1 atom stereocenters. The Bertz CT molecular complexity index is 1330. The van der Waals surface area contributed by atoms with Crippen LogP contribution in [0.1, 0.15) is 53.2 Å². The number of hydrogen-bond donors (Lipinski definition) is 1. The van der Waals surface area contributed by atoms with Gasteiger partial charge in [-0.2, -0.15) is 10.4 Å². The summed E-state index contributed by atoms with van der Waals surface area (Å²) in [5, 5.41) is 16.1. The number of methoxy groups -OCH3 is 1. The van der Waals surface area contributed by atoms with Crippen molar-refractivity contribution in [1.82, 2.24) is 9.78 Å². The highest BCUT2D eigenvalue weighted by Crippen LogP contribution is 2.32. The molecule has 1 aliphatic heterocycles. The zero-order valence-corrected chi connectivity index (χ0v) is 20.5. The second-order valence-corrected chi connectivity index (χ2v) is 7.64. The van der Waals surface area contributed by atoms with E-state index < -0.39 is 23.9 Å². The van der Waals surface area contributed by atoms with Crippen molar-refractivity contribution in [3.05, 3.63) is 65.5 Å². The summed E-state index contributed by atoms with van der Waals surface area (Å²) in [4.78, 5) is 27.5. The van der Waals surface area contributed by atoms with E-state index >= 15 is 0 Å². The van der Waals surface area contributed by atoms with Crippen molar-refractivity contribution in [2.24, 2.45) is 0 Å². The molecule has 0 spiro atoms. The van der Waals surface area contributed by atoms with Gasteiger partial charge in [-0.15, -0.1) is 13.2 Å². The normalized spacial score (nSPS) is 14.6. The Kier molecular flexibility index (Phi) is 8.07. The van der Waals surface area contributed by atoms with E-state index in [2.05, 4.69) is 15.2 Å². The van der Waals surface area contributed by atoms with Crippen molar-refractivity contribution in [3.8, 4) is 17.6 Å². The fraction of sp³-hybridized carbons (Fsp3) is 0.280. The number of anilines is 2. The third-order valence-corrected chi connectivity index (χ3v) is 5.32. The van der Waals surface area contributed by atoms with Crippen LogP contribution >= 0.6 is 0 Å². The number of carbonyl (C=O) groups excluding carboxylic acids is 2. The maximum atomic E-state index is 13.3. The summed E-state index contributed by atoms with van der Waals surface area (Å²) in [7, 11) is 1.41. The minimum absolute atomic E-state index is 0.113. The molecule has 2 aromatic carbocycles. The fourth-order valence-corrected chi connectivity index (χ4v) is 3.73. The van der Waals surface area contributed by atoms with Gasteiger partial charge in [0.1, 0.15) is 17.6 Å². The first-order valence-electron chi connectivity index (χ1n) is 11.3. The molecular formula is C25H24F3N5O4. The highest BCUT2D eigenvalue weighted by Gasteiger charge is 2.35. The number of nitrogens with zero attached hydrogens (tertiary/aromatic N) is 4. The lowest BCUT2D eigenvalue weighted by Crippen LogP contribution is -2.43. The molecule has 0 unspecified atom stereocenters. The zero-order valence-electron chi connectivity index (χ0n) is 20.5. The van der Waals surface area contributed by atoms with Gasteiger partial charge in [0.15, 0.2) is 5.69 Å². The van der Waals surface area contributed by atoms with Crippen LogP contribution in [0.3, 0.4) is 0 Å². The summed E-state index contributed by atoms with van der Waals surface area (Å²) in [5.41, 5.74) is 0.973. The number of fused-ring (bicyclic) bond motifs is 1. The number of carbonyl (C=O) groups is 2. The van der Waals surface area contributed by atoms with Crippen LogP contribution in [0.5, 0.6) is 11.5 Å². The van der Waals surface area contributed by atoms with Crippen molar-refractivity contribution in [2.45, 2.75) is 33.2 Å². The molecule has 0 saturated carbocycles. The molecule has 194 valence electrons. The molecule has 3 aromatic rings. The Labute approximate surface area is 211 Å². The lowest BCUT2D eigenvalue weighted by Gasteiger charge is -2.32. The van der Waals surface area contributed by atoms with Gasteiger partial charge in [0, 0.05) is 17.8 Å². The van der Waals surface area contributed by atoms with E-state index in [0.717, 1.165) is 12.1 Å². The van der Waals surface area contributed by atoms with Crippen LogP contribution in [-0.4, -0.2) is 41.6 Å². The van der Waals surface area contributed by atoms with Crippen molar-refractivity contribution < 1.29 is 32.2 Å². The van der Waals surface area contributed by atoms with E-state index in [1.54, 1.807) is 0 Å². The van der Waals surface area contributed by atoms with Crippen LogP contribution in [0.25, 0.3) is 0 Å². The number of alkyl halides is 3. The van der Waals surface area contributed by atoms with Crippen LogP contribution in [0.2, 0.25) is 0 Å². The van der Waals surface area contributed by atoms with Crippen LogP contribution in [0.4, 0.5) is 24.5 Å². The summed E-state index contributed by atoms with van der Waals surface area (Å²) in [5.74, 6) is -1.15. The van der Waals surface area contributed by atoms with Gasteiger partial charge in [-0.25, -0.2) is 0 Å². The summed E-state index contributed by atoms with van der Waals surface area (Å²) in [6.45, 7) is 6.02. The Morgan fingerprint density at radius 1 is 1.19 bits per heavy atom. The Hall–Kier alpha value is -4.53. The minimum atomic E-state index is -4.82. The molecule has 2 heterocycles. The molecule has 2 amide bonds. The molecule has 1 N–H and O–H groups in total. The van der Waals surface area contributed by atoms with Crippen LogP contribution in [0, 0.1) is 11.3 Å². The quantitative estimate of drug-likeness (QED) is 0.503. The molecule has 0 aliphatic carbocycles. The molecule has 0 radical (unpaired) electrons. The number of rotatable bonds is 5. The Morgan fingerprint density at radius 3 is 2.46 bits per heavy atom. The number of benzene rings is 2. The molecule has 12 heteroatoms. The molecule has 1 aromatic heterocycles. The van der Waals surface area contributed by atoms with E-state index in [1.165, 1.54) is 53.2 Å². The summed E-state index contributed by atoms with van der Waals surface area (Å²) >= 11 is 0. The monoisotopic (exact) mass is 515 g/mol. The average Bonchev–Trinajstić information content (AvgIpc) is 3.31. The first kappa shape index (κ1) is 27.1. The predicted molar refractivity (Wildman–Crippen MR) is 129 cm³/mol. The average molecular weight is 515 g/mol. The largest absolute Gasteiger partial charge is 0.573 e. The third kappa shape index (κ3) is 5.83. The van der Waals surface area contributed by atoms with Gasteiger partial charge in [0.25, 0.3) is 11.8 Å². The number of ether oxygens (including phenoxy) is 2. The van der Waals surface area contributed by atoms with Crippen LogP contribution in [0.15, 0.2) is 48.7 Å². The smallest absolute Gasteiger partial charge is 0.495 e. The number of hydrogen-bond acceptors (Lipinski definition) is 6. The van der Waals surface area contributed by atoms with Crippen LogP contribution in [-0.2, 0) is 0 Å². The lowest BCUT2D eigenvalue weighted by atomic mass is 10.1. The Morgan fingerprint density at radius 2 is 1.86 bits per heavy atom. The topological polar surface area (TPSA) is 109 Å². The highest BCUT2D eigenvalue weighted by atomic mass is 19.4. The fourth-order valence-electron chi connectivity index (χ4n) is 3.73. The molecule has 0 saturated heterocycles. The van der Waals surface area contributed by atoms with E-state index in [4.69, 9.17) is 4.74 Å². The molecular weight excluding hydrogens is 491 g/mol. The van der Waals surface area contributed by atoms with Gasteiger partial charge in [-0.1, -0.05) is 13.8 Å². The minimum Gasteiger partial charge on any atom is -0.495 e. The lowest BCUT2D eigenvalue weighted by molar-refractivity contribution is -0.274. The molecule has 1 aliphatic rings. The Balaban J connectivity index is 0.00000186. The number of nitriles is 1. The van der Waals surface area contributed by atoms with Gasteiger partial charge in [-0.3, -0.25) is 14.3 Å². The van der Waals surface area contributed by atoms with Crippen LogP contribution < -0.4 is 19.7 Å². The van der Waals surface area contributed by atoms with Crippen molar-refractivity contribution >= 4 is 23.2 Å².